The van der Waals surface area contributed by atoms with Crippen molar-refractivity contribution >= 4 is 49.6 Å². The molecule has 0 bridgehead atoms. The number of benzene rings is 2. The Hall–Kier alpha value is -2.92. The number of H-pyrrole nitrogens is 1. The maximum absolute atomic E-state index is 13.6. The minimum atomic E-state index is -4.00. The van der Waals surface area contributed by atoms with Crippen LogP contribution in [0, 0.1) is 0 Å². The number of nitrogens with zero attached hydrogens (tertiary/aromatic N) is 2. The molecule has 0 unspecified atom stereocenters. The van der Waals surface area contributed by atoms with Gasteiger partial charge in [0, 0.05) is 11.9 Å². The molecule has 0 aliphatic carbocycles. The van der Waals surface area contributed by atoms with E-state index in [9.17, 15) is 23.1 Å². The van der Waals surface area contributed by atoms with Crippen LogP contribution >= 0.6 is 22.9 Å². The second-order valence-electron chi connectivity index (χ2n) is 8.91. The standard InChI is InChI=1S/C24H22ClN3O5S2/c1-24(2,31)21-20-17(13-34-21)26-23(30)28(22(20)29)19-12-15(9-10-16(19)25)35(32,33)27-11-5-7-14-6-3-4-8-18(14)27/h3-4,6,8-10,12-13,31H,5,7,11H2,1-2H3,(H,26,30). The summed E-state index contributed by atoms with van der Waals surface area (Å²) in [5.74, 6) is 0. The summed E-state index contributed by atoms with van der Waals surface area (Å²) in [6, 6.07) is 11.3. The molecule has 1 aliphatic rings. The van der Waals surface area contributed by atoms with Crippen molar-refractivity contribution in [1.29, 1.82) is 0 Å². The van der Waals surface area contributed by atoms with Gasteiger partial charge in [-0.1, -0.05) is 29.8 Å². The molecule has 0 atom stereocenters. The number of anilines is 1. The fourth-order valence-corrected chi connectivity index (χ4v) is 7.19. The molecule has 8 nitrogen and oxygen atoms in total. The highest BCUT2D eigenvalue weighted by atomic mass is 35.5. The molecule has 0 saturated carbocycles. The number of aliphatic hydroxyl groups is 1. The Balaban J connectivity index is 1.71. The highest BCUT2D eigenvalue weighted by molar-refractivity contribution is 7.92. The monoisotopic (exact) mass is 531 g/mol. The Bertz CT molecular complexity index is 1700. The number of para-hydroxylation sites is 1. The van der Waals surface area contributed by atoms with Crippen LogP contribution in [-0.4, -0.2) is 29.6 Å². The van der Waals surface area contributed by atoms with Gasteiger partial charge >= 0.3 is 5.69 Å². The van der Waals surface area contributed by atoms with Gasteiger partial charge in [-0.05, 0) is 56.5 Å². The van der Waals surface area contributed by atoms with Gasteiger partial charge in [0.2, 0.25) is 0 Å². The zero-order chi connectivity index (χ0) is 25.1. The predicted octanol–water partition coefficient (Wildman–Crippen LogP) is 3.76. The molecule has 1 aliphatic heterocycles. The fraction of sp³-hybridized carbons (Fsp3) is 0.250. The normalized spacial score (nSPS) is 14.3. The van der Waals surface area contributed by atoms with Crippen LogP contribution in [0.15, 0.2) is 62.3 Å². The predicted molar refractivity (Wildman–Crippen MR) is 138 cm³/mol. The molecule has 182 valence electrons. The van der Waals surface area contributed by atoms with Crippen molar-refractivity contribution in [2.45, 2.75) is 37.2 Å². The molecular formula is C24H22ClN3O5S2. The summed E-state index contributed by atoms with van der Waals surface area (Å²) in [6.45, 7) is 3.40. The Kier molecular flexibility index (Phi) is 5.67. The SMILES string of the molecule is CC(C)(O)c1scc2[nH]c(=O)n(-c3cc(S(=O)(=O)N4CCCc5ccccc54)ccc3Cl)c(=O)c12. The maximum Gasteiger partial charge on any atom is 0.333 e. The second-order valence-corrected chi connectivity index (χ2v) is 12.1. The highest BCUT2D eigenvalue weighted by Gasteiger charge is 2.30. The van der Waals surface area contributed by atoms with Gasteiger partial charge in [0.15, 0.2) is 0 Å². The molecule has 2 N–H and O–H groups in total. The van der Waals surface area contributed by atoms with E-state index in [0.29, 0.717) is 29.0 Å². The first-order chi connectivity index (χ1) is 16.5. The summed E-state index contributed by atoms with van der Waals surface area (Å²) < 4.78 is 29.5. The lowest BCUT2D eigenvalue weighted by Crippen LogP contribution is -2.36. The number of aryl methyl sites for hydroxylation is 1. The third kappa shape index (κ3) is 3.90. The smallest absolute Gasteiger partial charge is 0.333 e. The van der Waals surface area contributed by atoms with E-state index in [4.69, 9.17) is 11.6 Å². The van der Waals surface area contributed by atoms with Crippen LogP contribution in [0.3, 0.4) is 0 Å². The van der Waals surface area contributed by atoms with E-state index in [1.807, 2.05) is 12.1 Å². The number of hydrogen-bond donors (Lipinski definition) is 2. The average molecular weight is 532 g/mol. The maximum atomic E-state index is 13.6. The number of hydrogen-bond acceptors (Lipinski definition) is 6. The minimum Gasteiger partial charge on any atom is -0.385 e. The van der Waals surface area contributed by atoms with E-state index < -0.39 is 26.9 Å². The molecule has 0 radical (unpaired) electrons. The van der Waals surface area contributed by atoms with Gasteiger partial charge < -0.3 is 10.1 Å². The number of aromatic amines is 1. The molecule has 2 aromatic heterocycles. The van der Waals surface area contributed by atoms with E-state index in [1.165, 1.54) is 22.5 Å². The first-order valence-electron chi connectivity index (χ1n) is 10.9. The summed E-state index contributed by atoms with van der Waals surface area (Å²) in [5.41, 5.74) is -0.990. The Morgan fingerprint density at radius 3 is 2.60 bits per heavy atom. The lowest BCUT2D eigenvalue weighted by molar-refractivity contribution is 0.0839. The Labute approximate surface area is 210 Å². The van der Waals surface area contributed by atoms with Crippen molar-refractivity contribution in [3.05, 3.63) is 84.1 Å². The van der Waals surface area contributed by atoms with Gasteiger partial charge in [-0.25, -0.2) is 17.8 Å². The van der Waals surface area contributed by atoms with Crippen molar-refractivity contribution < 1.29 is 13.5 Å². The third-order valence-electron chi connectivity index (χ3n) is 6.02. The van der Waals surface area contributed by atoms with Crippen LogP contribution in [-0.2, 0) is 22.0 Å². The molecule has 5 rings (SSSR count). The van der Waals surface area contributed by atoms with Crippen molar-refractivity contribution in [1.82, 2.24) is 9.55 Å². The van der Waals surface area contributed by atoms with Crippen LogP contribution < -0.4 is 15.6 Å². The summed E-state index contributed by atoms with van der Waals surface area (Å²) >= 11 is 7.53. The number of sulfonamides is 1. The number of halogens is 1. The van der Waals surface area contributed by atoms with Crippen LogP contribution in [0.4, 0.5) is 5.69 Å². The van der Waals surface area contributed by atoms with Gasteiger partial charge in [-0.2, -0.15) is 0 Å². The van der Waals surface area contributed by atoms with E-state index >= 15 is 0 Å². The van der Waals surface area contributed by atoms with Crippen molar-refractivity contribution in [2.24, 2.45) is 0 Å². The van der Waals surface area contributed by atoms with Crippen molar-refractivity contribution in [3.8, 4) is 5.69 Å². The van der Waals surface area contributed by atoms with Crippen molar-refractivity contribution in [3.63, 3.8) is 0 Å². The minimum absolute atomic E-state index is 0.0370. The lowest BCUT2D eigenvalue weighted by atomic mass is 10.0. The van der Waals surface area contributed by atoms with Gasteiger partial charge in [-0.15, -0.1) is 11.3 Å². The zero-order valence-corrected chi connectivity index (χ0v) is 21.3. The van der Waals surface area contributed by atoms with E-state index in [-0.39, 0.29) is 21.0 Å². The molecule has 11 heteroatoms. The topological polar surface area (TPSA) is 112 Å². The quantitative estimate of drug-likeness (QED) is 0.416. The first kappa shape index (κ1) is 23.8. The number of aromatic nitrogens is 2. The fourth-order valence-electron chi connectivity index (χ4n) is 4.41. The summed E-state index contributed by atoms with van der Waals surface area (Å²) in [6.07, 6.45) is 1.45. The number of rotatable bonds is 4. The molecule has 35 heavy (non-hydrogen) atoms. The molecule has 4 aromatic rings. The zero-order valence-electron chi connectivity index (χ0n) is 18.9. The number of thiophene rings is 1. The molecular weight excluding hydrogens is 510 g/mol. The van der Waals surface area contributed by atoms with Gasteiger partial charge in [-0.3, -0.25) is 9.10 Å². The average Bonchev–Trinajstić information content (AvgIpc) is 3.24. The van der Waals surface area contributed by atoms with Crippen LogP contribution in [0.5, 0.6) is 0 Å². The Morgan fingerprint density at radius 1 is 1.11 bits per heavy atom. The van der Waals surface area contributed by atoms with Gasteiger partial charge in [0.25, 0.3) is 15.6 Å². The van der Waals surface area contributed by atoms with Gasteiger partial charge in [0.1, 0.15) is 0 Å². The largest absolute Gasteiger partial charge is 0.385 e. The molecule has 0 saturated heterocycles. The van der Waals surface area contributed by atoms with Gasteiger partial charge in [0.05, 0.1) is 42.7 Å². The highest BCUT2D eigenvalue weighted by Crippen LogP contribution is 2.34. The van der Waals surface area contributed by atoms with Crippen LogP contribution in [0.1, 0.15) is 30.7 Å². The molecule has 0 fully saturated rings. The summed E-state index contributed by atoms with van der Waals surface area (Å²) in [4.78, 5) is 29.3. The third-order valence-corrected chi connectivity index (χ3v) is 9.44. The molecule has 3 heterocycles. The second kappa shape index (κ2) is 8.34. The summed E-state index contributed by atoms with van der Waals surface area (Å²) in [7, 11) is -4.00. The molecule has 2 aromatic carbocycles. The lowest BCUT2D eigenvalue weighted by Gasteiger charge is -2.30. The van der Waals surface area contributed by atoms with E-state index in [2.05, 4.69) is 4.98 Å². The van der Waals surface area contributed by atoms with Crippen LogP contribution in [0.2, 0.25) is 5.02 Å². The summed E-state index contributed by atoms with van der Waals surface area (Å²) in [5, 5.41) is 12.3. The van der Waals surface area contributed by atoms with Crippen LogP contribution in [0.25, 0.3) is 16.6 Å². The number of fused-ring (bicyclic) bond motifs is 2. The number of nitrogens with one attached hydrogen (secondary N) is 1. The van der Waals surface area contributed by atoms with E-state index in [1.54, 1.807) is 31.4 Å². The van der Waals surface area contributed by atoms with E-state index in [0.717, 1.165) is 27.9 Å². The Morgan fingerprint density at radius 2 is 1.86 bits per heavy atom. The first-order valence-corrected chi connectivity index (χ1v) is 13.6. The molecule has 0 amide bonds. The van der Waals surface area contributed by atoms with Crippen molar-refractivity contribution in [2.75, 3.05) is 10.8 Å². The molecule has 0 spiro atoms.